The van der Waals surface area contributed by atoms with Gasteiger partial charge in [-0.25, -0.2) is 14.8 Å². The summed E-state index contributed by atoms with van der Waals surface area (Å²) in [7, 11) is 0. The molecule has 5 heterocycles. The number of amides is 1. The number of carboxylic acids is 1. The number of ether oxygens (including phenoxy) is 4. The molecular formula is C48H57Cl2N3O9. The maximum Gasteiger partial charge on any atom is 0.335 e. The van der Waals surface area contributed by atoms with Crippen LogP contribution in [-0.4, -0.2) is 85.3 Å². The van der Waals surface area contributed by atoms with Crippen LogP contribution >= 0.6 is 23.2 Å². The van der Waals surface area contributed by atoms with Gasteiger partial charge in [0.05, 0.1) is 47.1 Å². The lowest BCUT2D eigenvalue weighted by molar-refractivity contribution is -0.00880. The van der Waals surface area contributed by atoms with Crippen molar-refractivity contribution in [3.8, 4) is 23.3 Å². The zero-order chi connectivity index (χ0) is 45.0. The molecule has 4 aromatic rings. The summed E-state index contributed by atoms with van der Waals surface area (Å²) in [5.41, 5.74) is 3.15. The lowest BCUT2D eigenvalue weighted by Crippen LogP contribution is -2.52. The molecule has 1 amide bonds. The van der Waals surface area contributed by atoms with Crippen molar-refractivity contribution in [2.45, 2.75) is 123 Å². The second-order valence-electron chi connectivity index (χ2n) is 16.5. The van der Waals surface area contributed by atoms with Crippen LogP contribution in [0.2, 0.25) is 0 Å². The highest BCUT2D eigenvalue weighted by Crippen LogP contribution is 2.41. The molecule has 12 nitrogen and oxygen atoms in total. The predicted octanol–water partition coefficient (Wildman–Crippen LogP) is 10.5. The van der Waals surface area contributed by atoms with Crippen molar-refractivity contribution < 1.29 is 43.2 Å². The number of aromatic carboxylic acids is 1. The average Bonchev–Trinajstić information content (AvgIpc) is 3.23. The third kappa shape index (κ3) is 12.5. The number of rotatable bonds is 6. The summed E-state index contributed by atoms with van der Waals surface area (Å²) in [5.74, 6) is 1.84. The van der Waals surface area contributed by atoms with Gasteiger partial charge in [0.1, 0.15) is 22.7 Å². The van der Waals surface area contributed by atoms with Crippen LogP contribution in [0.15, 0.2) is 73.1 Å². The SMILES string of the molecule is Cc1cc(C(=O)N2CCC3(CC2)CC(=O)c2cccnc2O3)ccc1OC(C)C.Cc1cc(C(=O)O)ccc1OC(C)C.ClCCl.O=C1CC2(CCCCC2)Oc2ncccc21. The molecule has 2 fully saturated rings. The fraction of sp³-hybridized carbons (Fsp3) is 0.458. The molecule has 2 aromatic carbocycles. The number of carbonyl (C=O) groups is 4. The van der Waals surface area contributed by atoms with E-state index in [4.69, 9.17) is 47.3 Å². The van der Waals surface area contributed by atoms with Gasteiger partial charge in [-0.15, -0.1) is 23.2 Å². The lowest BCUT2D eigenvalue weighted by atomic mass is 9.79. The molecule has 62 heavy (non-hydrogen) atoms. The number of aromatic nitrogens is 2. The molecule has 2 aromatic heterocycles. The van der Waals surface area contributed by atoms with Crippen LogP contribution in [0.3, 0.4) is 0 Å². The monoisotopic (exact) mass is 889 g/mol. The Morgan fingerprint density at radius 3 is 1.58 bits per heavy atom. The number of benzene rings is 2. The number of carboxylic acid groups (broad SMARTS) is 1. The minimum Gasteiger partial charge on any atom is -0.491 e. The van der Waals surface area contributed by atoms with Gasteiger partial charge in [-0.2, -0.15) is 0 Å². The maximum absolute atomic E-state index is 13.0. The van der Waals surface area contributed by atoms with Crippen molar-refractivity contribution in [1.29, 1.82) is 0 Å². The molecule has 8 rings (SSSR count). The summed E-state index contributed by atoms with van der Waals surface area (Å²) in [6.07, 6.45) is 11.2. The molecule has 0 atom stereocenters. The third-order valence-corrected chi connectivity index (χ3v) is 11.0. The van der Waals surface area contributed by atoms with Gasteiger partial charge in [0.2, 0.25) is 11.8 Å². The normalized spacial score (nSPS) is 16.8. The van der Waals surface area contributed by atoms with Crippen molar-refractivity contribution in [3.63, 3.8) is 0 Å². The number of halogens is 2. The third-order valence-electron chi connectivity index (χ3n) is 11.0. The number of Topliss-reactive ketones (excluding diaryl/α,β-unsaturated/α-hetero) is 2. The Bertz CT molecular complexity index is 2200. The molecule has 3 aliphatic heterocycles. The fourth-order valence-electron chi connectivity index (χ4n) is 8.02. The highest BCUT2D eigenvalue weighted by molar-refractivity contribution is 6.40. The summed E-state index contributed by atoms with van der Waals surface area (Å²) in [6, 6.07) is 17.5. The quantitative estimate of drug-likeness (QED) is 0.184. The number of carbonyl (C=O) groups excluding carboxylic acids is 3. The van der Waals surface area contributed by atoms with E-state index in [2.05, 4.69) is 9.97 Å². The summed E-state index contributed by atoms with van der Waals surface area (Å²) >= 11 is 9.53. The number of nitrogens with zero attached hydrogens (tertiary/aromatic N) is 3. The minimum absolute atomic E-state index is 0.000270. The minimum atomic E-state index is -0.913. The van der Waals surface area contributed by atoms with Gasteiger partial charge in [0, 0.05) is 43.9 Å². The number of piperidine rings is 1. The van der Waals surface area contributed by atoms with Gasteiger partial charge in [0.25, 0.3) is 5.91 Å². The standard InChI is InChI=1S/C23H26N2O4.C13H15NO2.C11H14O3.CH2Cl2/c1-15(2)28-20-7-6-17(13-16(20)3)22(27)25-11-8-23(9-12-25)14-19(26)18-5-4-10-24-21(18)29-23;15-11-9-13(6-2-1-3-7-13)16-12-10(11)5-4-8-14-12;1-7(2)14-10-5-4-9(11(12)13)6-8(10)3;2-1-3/h4-7,10,13,15H,8-9,11-12,14H2,1-3H3;4-5,8H,1-3,6-7,9H2;4-7H,1-3H3,(H,12,13);1H2. The number of hydrogen-bond acceptors (Lipinski definition) is 10. The maximum atomic E-state index is 13.0. The Morgan fingerprint density at radius 1 is 0.710 bits per heavy atom. The Balaban J connectivity index is 0.000000186. The number of ketones is 2. The highest BCUT2D eigenvalue weighted by Gasteiger charge is 2.44. The smallest absolute Gasteiger partial charge is 0.335 e. The molecule has 1 saturated heterocycles. The molecule has 1 aliphatic carbocycles. The first-order chi connectivity index (χ1) is 29.6. The molecule has 14 heteroatoms. The first kappa shape index (κ1) is 47.8. The van der Waals surface area contributed by atoms with Crippen LogP contribution < -0.4 is 18.9 Å². The lowest BCUT2D eigenvalue weighted by Gasteiger charge is -2.43. The predicted molar refractivity (Wildman–Crippen MR) is 239 cm³/mol. The van der Waals surface area contributed by atoms with Crippen molar-refractivity contribution in [3.05, 3.63) is 106 Å². The van der Waals surface area contributed by atoms with Gasteiger partial charge in [0.15, 0.2) is 11.6 Å². The van der Waals surface area contributed by atoms with Gasteiger partial charge >= 0.3 is 5.97 Å². The van der Waals surface area contributed by atoms with E-state index in [0.717, 1.165) is 48.3 Å². The average molecular weight is 891 g/mol. The van der Waals surface area contributed by atoms with Gasteiger partial charge < -0.3 is 29.0 Å². The van der Waals surface area contributed by atoms with E-state index in [1.165, 1.54) is 6.42 Å². The second-order valence-corrected chi connectivity index (χ2v) is 17.3. The Hall–Kier alpha value is -5.20. The van der Waals surface area contributed by atoms with E-state index in [1.807, 2.05) is 64.6 Å². The van der Waals surface area contributed by atoms with E-state index in [-0.39, 0.29) is 40.6 Å². The van der Waals surface area contributed by atoms with Crippen LogP contribution in [0.5, 0.6) is 23.3 Å². The number of hydrogen-bond donors (Lipinski definition) is 1. The molecule has 1 N–H and O–H groups in total. The number of fused-ring (bicyclic) bond motifs is 2. The largest absolute Gasteiger partial charge is 0.491 e. The van der Waals surface area contributed by atoms with Gasteiger partial charge in [-0.3, -0.25) is 14.4 Å². The van der Waals surface area contributed by atoms with Crippen molar-refractivity contribution in [2.24, 2.45) is 0 Å². The number of pyridine rings is 2. The van der Waals surface area contributed by atoms with Crippen LogP contribution in [0.25, 0.3) is 0 Å². The van der Waals surface area contributed by atoms with Crippen LogP contribution in [0.1, 0.15) is 138 Å². The van der Waals surface area contributed by atoms with Crippen LogP contribution in [-0.2, 0) is 0 Å². The highest BCUT2D eigenvalue weighted by atomic mass is 35.5. The summed E-state index contributed by atoms with van der Waals surface area (Å²) < 4.78 is 23.4. The molecule has 0 bridgehead atoms. The second kappa shape index (κ2) is 21.7. The zero-order valence-corrected chi connectivity index (χ0v) is 37.9. The molecule has 1 saturated carbocycles. The molecule has 0 unspecified atom stereocenters. The van der Waals surface area contributed by atoms with E-state index in [9.17, 15) is 19.2 Å². The first-order valence-corrected chi connectivity index (χ1v) is 22.2. The van der Waals surface area contributed by atoms with E-state index >= 15 is 0 Å². The number of aryl methyl sites for hydroxylation is 2. The molecular weight excluding hydrogens is 833 g/mol. The molecule has 0 radical (unpaired) electrons. The van der Waals surface area contributed by atoms with Crippen LogP contribution in [0.4, 0.5) is 0 Å². The fourth-order valence-corrected chi connectivity index (χ4v) is 8.02. The van der Waals surface area contributed by atoms with Gasteiger partial charge in [-0.05, 0) is 139 Å². The number of likely N-dealkylation sites (tertiary alicyclic amines) is 1. The zero-order valence-electron chi connectivity index (χ0n) is 36.4. The van der Waals surface area contributed by atoms with Gasteiger partial charge in [-0.1, -0.05) is 6.42 Å². The van der Waals surface area contributed by atoms with Crippen molar-refractivity contribution >= 4 is 46.6 Å². The van der Waals surface area contributed by atoms with E-state index in [1.54, 1.807) is 54.9 Å². The van der Waals surface area contributed by atoms with Crippen LogP contribution in [0, 0.1) is 13.8 Å². The Morgan fingerprint density at radius 2 is 1.15 bits per heavy atom. The molecule has 332 valence electrons. The van der Waals surface area contributed by atoms with E-state index < -0.39 is 11.6 Å². The summed E-state index contributed by atoms with van der Waals surface area (Å²) in [6.45, 7) is 12.7. The number of alkyl halides is 2. The molecule has 2 spiro atoms. The topological polar surface area (TPSA) is 154 Å². The molecule has 4 aliphatic rings. The Labute approximate surface area is 374 Å². The van der Waals surface area contributed by atoms with Crippen molar-refractivity contribution in [1.82, 2.24) is 14.9 Å². The van der Waals surface area contributed by atoms with E-state index in [0.29, 0.717) is 72.8 Å². The first-order valence-electron chi connectivity index (χ1n) is 21.1. The summed E-state index contributed by atoms with van der Waals surface area (Å²) in [5, 5.41) is 8.94. The van der Waals surface area contributed by atoms with Crippen molar-refractivity contribution in [2.75, 3.05) is 18.4 Å². The summed E-state index contributed by atoms with van der Waals surface area (Å²) in [4.78, 5) is 58.4. The Kier molecular flexibility index (Phi) is 16.8.